The van der Waals surface area contributed by atoms with Gasteiger partial charge in [0.25, 0.3) is 0 Å². The van der Waals surface area contributed by atoms with Gasteiger partial charge < -0.3 is 5.32 Å². The van der Waals surface area contributed by atoms with Crippen LogP contribution in [0.5, 0.6) is 0 Å². The van der Waals surface area contributed by atoms with Crippen LogP contribution in [0.1, 0.15) is 18.9 Å². The number of nitrogens with one attached hydrogen (secondary N) is 1. The lowest BCUT2D eigenvalue weighted by Crippen LogP contribution is -2.21. The third-order valence-corrected chi connectivity index (χ3v) is 2.06. The minimum Gasteiger partial charge on any atom is -0.353 e. The highest BCUT2D eigenvalue weighted by Crippen LogP contribution is 2.11. The summed E-state index contributed by atoms with van der Waals surface area (Å²) in [5, 5.41) is 3.43. The van der Waals surface area contributed by atoms with E-state index in [4.69, 9.17) is 11.6 Å². The molecule has 0 atom stereocenters. The third kappa shape index (κ3) is 4.66. The second-order valence-corrected chi connectivity index (χ2v) is 3.62. The van der Waals surface area contributed by atoms with Crippen LogP contribution < -0.4 is 5.32 Å². The van der Waals surface area contributed by atoms with Gasteiger partial charge in [-0.05, 0) is 30.2 Å². The predicted octanol–water partition coefficient (Wildman–Crippen LogP) is 2.88. The number of carbonyl (C=O) groups excluding carboxylic acids is 1. The monoisotopic (exact) mass is 223 g/mol. The molecule has 0 heterocycles. The first-order valence-electron chi connectivity index (χ1n) is 4.94. The Hall–Kier alpha value is -1.28. The van der Waals surface area contributed by atoms with E-state index in [1.807, 2.05) is 25.1 Å². The maximum absolute atomic E-state index is 11.2. The third-order valence-electron chi connectivity index (χ3n) is 1.83. The molecule has 15 heavy (non-hydrogen) atoms. The van der Waals surface area contributed by atoms with Crippen molar-refractivity contribution in [2.45, 2.75) is 13.3 Å². The molecule has 2 nitrogen and oxygen atoms in total. The van der Waals surface area contributed by atoms with Crippen LogP contribution in [-0.4, -0.2) is 12.5 Å². The van der Waals surface area contributed by atoms with E-state index < -0.39 is 0 Å². The number of halogens is 1. The Bertz CT molecular complexity index is 360. The van der Waals surface area contributed by atoms with Crippen molar-refractivity contribution < 1.29 is 4.79 Å². The van der Waals surface area contributed by atoms with E-state index in [-0.39, 0.29) is 5.91 Å². The number of hydrogen-bond donors (Lipinski definition) is 1. The number of amides is 1. The molecule has 1 aromatic carbocycles. The molecule has 1 amide bonds. The van der Waals surface area contributed by atoms with E-state index in [2.05, 4.69) is 5.32 Å². The van der Waals surface area contributed by atoms with Gasteiger partial charge in [0.2, 0.25) is 5.91 Å². The van der Waals surface area contributed by atoms with Crippen molar-refractivity contribution in [2.75, 3.05) is 6.54 Å². The zero-order valence-corrected chi connectivity index (χ0v) is 9.42. The van der Waals surface area contributed by atoms with Crippen molar-refractivity contribution in [1.82, 2.24) is 5.32 Å². The van der Waals surface area contributed by atoms with Gasteiger partial charge in [0, 0.05) is 17.6 Å². The van der Waals surface area contributed by atoms with Crippen molar-refractivity contribution in [3.8, 4) is 0 Å². The summed E-state index contributed by atoms with van der Waals surface area (Å²) < 4.78 is 0. The maximum atomic E-state index is 11.2. The summed E-state index contributed by atoms with van der Waals surface area (Å²) in [6, 6.07) is 7.36. The molecule has 0 saturated heterocycles. The first-order valence-corrected chi connectivity index (χ1v) is 5.31. The highest BCUT2D eigenvalue weighted by Gasteiger charge is 1.93. The van der Waals surface area contributed by atoms with Crippen molar-refractivity contribution in [1.29, 1.82) is 0 Å². The Balaban J connectivity index is 2.53. The van der Waals surface area contributed by atoms with Gasteiger partial charge in [0.05, 0.1) is 0 Å². The van der Waals surface area contributed by atoms with Crippen LogP contribution in [0.4, 0.5) is 0 Å². The first-order chi connectivity index (χ1) is 7.22. The van der Waals surface area contributed by atoms with E-state index in [1.165, 1.54) is 6.08 Å². The highest BCUT2D eigenvalue weighted by atomic mass is 35.5. The van der Waals surface area contributed by atoms with Gasteiger partial charge in [-0.3, -0.25) is 4.79 Å². The van der Waals surface area contributed by atoms with Crippen LogP contribution in [0.3, 0.4) is 0 Å². The summed E-state index contributed by atoms with van der Waals surface area (Å²) in [6.07, 6.45) is 4.20. The zero-order valence-electron chi connectivity index (χ0n) is 8.66. The minimum atomic E-state index is -0.0724. The molecule has 80 valence electrons. The second kappa shape index (κ2) is 6.25. The predicted molar refractivity (Wildman–Crippen MR) is 63.8 cm³/mol. The second-order valence-electron chi connectivity index (χ2n) is 3.18. The fourth-order valence-corrected chi connectivity index (χ4v) is 1.29. The summed E-state index contributed by atoms with van der Waals surface area (Å²) in [6.45, 7) is 2.72. The molecular weight excluding hydrogens is 210 g/mol. The average Bonchev–Trinajstić information content (AvgIpc) is 2.23. The quantitative estimate of drug-likeness (QED) is 0.782. The van der Waals surface area contributed by atoms with Gasteiger partial charge in [0.1, 0.15) is 0 Å². The molecule has 0 aromatic heterocycles. The van der Waals surface area contributed by atoms with Gasteiger partial charge in [0.15, 0.2) is 0 Å². The summed E-state index contributed by atoms with van der Waals surface area (Å²) >= 11 is 5.81. The Morgan fingerprint density at radius 2 is 2.33 bits per heavy atom. The van der Waals surface area contributed by atoms with Gasteiger partial charge in [-0.25, -0.2) is 0 Å². The summed E-state index contributed by atoms with van der Waals surface area (Å²) in [4.78, 5) is 11.2. The van der Waals surface area contributed by atoms with Gasteiger partial charge >= 0.3 is 0 Å². The molecule has 0 spiro atoms. The average molecular weight is 224 g/mol. The van der Waals surface area contributed by atoms with E-state index in [0.717, 1.165) is 12.0 Å². The minimum absolute atomic E-state index is 0.0724. The zero-order chi connectivity index (χ0) is 11.1. The number of hydrogen-bond acceptors (Lipinski definition) is 1. The topological polar surface area (TPSA) is 29.1 Å². The largest absolute Gasteiger partial charge is 0.353 e. The Morgan fingerprint density at radius 3 is 3.00 bits per heavy atom. The molecule has 1 rings (SSSR count). The van der Waals surface area contributed by atoms with Crippen LogP contribution in [0, 0.1) is 0 Å². The standard InChI is InChI=1S/C12H14ClNO/c1-2-8-14-12(15)7-6-10-4-3-5-11(13)9-10/h3-7,9H,2,8H2,1H3,(H,14,15)/b7-6+. The van der Waals surface area contributed by atoms with Crippen LogP contribution in [-0.2, 0) is 4.79 Å². The number of rotatable bonds is 4. The number of benzene rings is 1. The molecular formula is C12H14ClNO. The van der Waals surface area contributed by atoms with Gasteiger partial charge in [-0.1, -0.05) is 30.7 Å². The molecule has 0 saturated carbocycles. The molecule has 0 aliphatic rings. The van der Waals surface area contributed by atoms with E-state index in [1.54, 1.807) is 12.1 Å². The number of carbonyl (C=O) groups is 1. The molecule has 0 aliphatic heterocycles. The molecule has 0 radical (unpaired) electrons. The van der Waals surface area contributed by atoms with Gasteiger partial charge in [-0.15, -0.1) is 0 Å². The smallest absolute Gasteiger partial charge is 0.243 e. The maximum Gasteiger partial charge on any atom is 0.243 e. The summed E-state index contributed by atoms with van der Waals surface area (Å²) in [5.41, 5.74) is 0.925. The van der Waals surface area contributed by atoms with Crippen molar-refractivity contribution in [3.63, 3.8) is 0 Å². The molecule has 0 unspecified atom stereocenters. The Labute approximate surface area is 94.9 Å². The molecule has 3 heteroatoms. The molecule has 1 aromatic rings. The Morgan fingerprint density at radius 1 is 1.53 bits per heavy atom. The Kier molecular flexibility index (Phi) is 4.91. The lowest BCUT2D eigenvalue weighted by Gasteiger charge is -1.97. The van der Waals surface area contributed by atoms with E-state index >= 15 is 0 Å². The lowest BCUT2D eigenvalue weighted by atomic mass is 10.2. The van der Waals surface area contributed by atoms with Crippen molar-refractivity contribution in [3.05, 3.63) is 40.9 Å². The van der Waals surface area contributed by atoms with Crippen LogP contribution in [0.15, 0.2) is 30.3 Å². The van der Waals surface area contributed by atoms with Crippen LogP contribution in [0.2, 0.25) is 5.02 Å². The fourth-order valence-electron chi connectivity index (χ4n) is 1.09. The molecule has 0 bridgehead atoms. The summed E-state index contributed by atoms with van der Waals surface area (Å²) in [5.74, 6) is -0.0724. The molecule has 0 fully saturated rings. The van der Waals surface area contributed by atoms with Crippen molar-refractivity contribution >= 4 is 23.6 Å². The fraction of sp³-hybridized carbons (Fsp3) is 0.250. The van der Waals surface area contributed by atoms with Crippen molar-refractivity contribution in [2.24, 2.45) is 0 Å². The molecule has 0 aliphatic carbocycles. The summed E-state index contributed by atoms with van der Waals surface area (Å²) in [7, 11) is 0. The van der Waals surface area contributed by atoms with Crippen LogP contribution in [0.25, 0.3) is 6.08 Å². The van der Waals surface area contributed by atoms with E-state index in [0.29, 0.717) is 11.6 Å². The van der Waals surface area contributed by atoms with Gasteiger partial charge in [-0.2, -0.15) is 0 Å². The lowest BCUT2D eigenvalue weighted by molar-refractivity contribution is -0.116. The SMILES string of the molecule is CCCNC(=O)/C=C/c1cccc(Cl)c1. The highest BCUT2D eigenvalue weighted by molar-refractivity contribution is 6.30. The normalized spacial score (nSPS) is 10.5. The van der Waals surface area contributed by atoms with Crippen LogP contribution >= 0.6 is 11.6 Å². The van der Waals surface area contributed by atoms with E-state index in [9.17, 15) is 4.79 Å². The first kappa shape index (κ1) is 11.8. The molecule has 1 N–H and O–H groups in total.